The molecule has 1 aromatic carbocycles. The fourth-order valence-corrected chi connectivity index (χ4v) is 2.76. The molecular weight excluding hydrogens is 303 g/mol. The third-order valence-corrected chi connectivity index (χ3v) is 3.68. The Morgan fingerprint density at radius 2 is 2.06 bits per heavy atom. The minimum absolute atomic E-state index is 0.0329. The third kappa shape index (κ3) is 4.35. The molecule has 0 radical (unpaired) electrons. The van der Waals surface area contributed by atoms with Crippen molar-refractivity contribution in [3.63, 3.8) is 0 Å². The van der Waals surface area contributed by atoms with Crippen LogP contribution in [0.5, 0.6) is 0 Å². The number of hydrogen-bond acceptors (Lipinski definition) is 2. The van der Waals surface area contributed by atoms with Crippen LogP contribution in [0, 0.1) is 0 Å². The molecule has 0 aliphatic carbocycles. The SMILES string of the molecule is NCCC(Sc1cccc(Br)c1)C(F)(F)F. The molecule has 1 atom stereocenters. The van der Waals surface area contributed by atoms with Gasteiger partial charge in [0.2, 0.25) is 0 Å². The molecule has 0 spiro atoms. The number of rotatable bonds is 4. The summed E-state index contributed by atoms with van der Waals surface area (Å²) in [5, 5.41) is -1.44. The standard InChI is InChI=1S/C10H11BrF3NS/c11-7-2-1-3-8(6-7)16-9(4-5-15)10(12,13)14/h1-3,6,9H,4-5,15H2. The number of alkyl halides is 3. The van der Waals surface area contributed by atoms with Crippen molar-refractivity contribution in [3.8, 4) is 0 Å². The van der Waals surface area contributed by atoms with Crippen LogP contribution in [-0.2, 0) is 0 Å². The van der Waals surface area contributed by atoms with Crippen LogP contribution in [0.2, 0.25) is 0 Å². The van der Waals surface area contributed by atoms with Gasteiger partial charge in [0, 0.05) is 9.37 Å². The van der Waals surface area contributed by atoms with Crippen molar-refractivity contribution in [2.45, 2.75) is 22.7 Å². The zero-order valence-corrected chi connectivity index (χ0v) is 10.7. The average Bonchev–Trinajstić information content (AvgIpc) is 2.16. The summed E-state index contributed by atoms with van der Waals surface area (Å²) in [4.78, 5) is 0.588. The Hall–Kier alpha value is -0.200. The van der Waals surface area contributed by atoms with Crippen molar-refractivity contribution in [1.29, 1.82) is 0 Å². The molecule has 2 N–H and O–H groups in total. The summed E-state index contributed by atoms with van der Waals surface area (Å²) in [6.45, 7) is 0.0329. The van der Waals surface area contributed by atoms with Crippen molar-refractivity contribution < 1.29 is 13.2 Å². The lowest BCUT2D eigenvalue weighted by atomic mass is 10.3. The maximum Gasteiger partial charge on any atom is 0.400 e. The highest BCUT2D eigenvalue weighted by Gasteiger charge is 2.39. The summed E-state index contributed by atoms with van der Waals surface area (Å²) in [5.41, 5.74) is 5.19. The lowest BCUT2D eigenvalue weighted by molar-refractivity contribution is -0.129. The summed E-state index contributed by atoms with van der Waals surface area (Å²) in [6, 6.07) is 6.81. The molecule has 0 aliphatic rings. The van der Waals surface area contributed by atoms with Gasteiger partial charge in [0.05, 0.1) is 0 Å². The van der Waals surface area contributed by atoms with Crippen molar-refractivity contribution in [3.05, 3.63) is 28.7 Å². The van der Waals surface area contributed by atoms with Gasteiger partial charge in [0.15, 0.2) is 0 Å². The Morgan fingerprint density at radius 1 is 1.38 bits per heavy atom. The van der Waals surface area contributed by atoms with Gasteiger partial charge in [0.25, 0.3) is 0 Å². The number of nitrogens with two attached hydrogens (primary N) is 1. The molecule has 90 valence electrons. The molecule has 0 aliphatic heterocycles. The van der Waals surface area contributed by atoms with Crippen molar-refractivity contribution in [2.24, 2.45) is 5.73 Å². The number of hydrogen-bond donors (Lipinski definition) is 1. The van der Waals surface area contributed by atoms with Gasteiger partial charge in [-0.15, -0.1) is 11.8 Å². The molecule has 0 heterocycles. The van der Waals surface area contributed by atoms with Crippen LogP contribution >= 0.6 is 27.7 Å². The molecule has 0 saturated carbocycles. The van der Waals surface area contributed by atoms with Gasteiger partial charge in [0.1, 0.15) is 5.25 Å². The van der Waals surface area contributed by atoms with Crippen LogP contribution in [0.25, 0.3) is 0 Å². The maximum atomic E-state index is 12.6. The Kier molecular flexibility index (Phi) is 5.14. The van der Waals surface area contributed by atoms with Gasteiger partial charge >= 0.3 is 6.18 Å². The van der Waals surface area contributed by atoms with E-state index < -0.39 is 11.4 Å². The minimum Gasteiger partial charge on any atom is -0.330 e. The van der Waals surface area contributed by atoms with Crippen LogP contribution in [0.1, 0.15) is 6.42 Å². The van der Waals surface area contributed by atoms with E-state index in [0.717, 1.165) is 16.2 Å². The van der Waals surface area contributed by atoms with Crippen LogP contribution < -0.4 is 5.73 Å². The molecule has 1 unspecified atom stereocenters. The van der Waals surface area contributed by atoms with E-state index in [1.54, 1.807) is 24.3 Å². The molecule has 1 nitrogen and oxygen atoms in total. The van der Waals surface area contributed by atoms with Crippen LogP contribution in [0.4, 0.5) is 13.2 Å². The van der Waals surface area contributed by atoms with E-state index >= 15 is 0 Å². The molecule has 0 fully saturated rings. The molecule has 0 saturated heterocycles. The first-order chi connectivity index (χ1) is 7.43. The Bertz CT molecular complexity index is 343. The number of halogens is 4. The maximum absolute atomic E-state index is 12.6. The molecule has 1 aromatic rings. The highest BCUT2D eigenvalue weighted by molar-refractivity contribution is 9.10. The predicted octanol–water partition coefficient (Wildman–Crippen LogP) is 3.82. The Morgan fingerprint density at radius 3 is 2.56 bits per heavy atom. The molecule has 6 heteroatoms. The van der Waals surface area contributed by atoms with Gasteiger partial charge in [-0.05, 0) is 31.2 Å². The predicted molar refractivity (Wildman–Crippen MR) is 63.5 cm³/mol. The van der Waals surface area contributed by atoms with Crippen LogP contribution in [-0.4, -0.2) is 18.0 Å². The van der Waals surface area contributed by atoms with Crippen molar-refractivity contribution >= 4 is 27.7 Å². The van der Waals surface area contributed by atoms with E-state index in [1.165, 1.54) is 0 Å². The second kappa shape index (κ2) is 5.93. The fraction of sp³-hybridized carbons (Fsp3) is 0.400. The van der Waals surface area contributed by atoms with E-state index in [-0.39, 0.29) is 13.0 Å². The highest BCUT2D eigenvalue weighted by Crippen LogP contribution is 2.37. The normalized spacial score (nSPS) is 13.8. The fourth-order valence-electron chi connectivity index (χ4n) is 1.15. The molecule has 16 heavy (non-hydrogen) atoms. The molecular formula is C10H11BrF3NS. The Balaban J connectivity index is 2.76. The molecule has 0 amide bonds. The Labute approximate surface area is 105 Å². The zero-order valence-electron chi connectivity index (χ0n) is 8.30. The van der Waals surface area contributed by atoms with E-state index in [4.69, 9.17) is 5.73 Å². The van der Waals surface area contributed by atoms with Gasteiger partial charge in [-0.2, -0.15) is 13.2 Å². The first kappa shape index (κ1) is 13.9. The summed E-state index contributed by atoms with van der Waals surface area (Å²) in [5.74, 6) is 0. The van der Waals surface area contributed by atoms with Gasteiger partial charge < -0.3 is 5.73 Å². The summed E-state index contributed by atoms with van der Waals surface area (Å²) in [6.07, 6.45) is -4.28. The summed E-state index contributed by atoms with van der Waals surface area (Å²) >= 11 is 4.02. The van der Waals surface area contributed by atoms with Crippen LogP contribution in [0.15, 0.2) is 33.6 Å². The van der Waals surface area contributed by atoms with Gasteiger partial charge in [-0.25, -0.2) is 0 Å². The topological polar surface area (TPSA) is 26.0 Å². The minimum atomic E-state index is -4.22. The van der Waals surface area contributed by atoms with Gasteiger partial charge in [-0.1, -0.05) is 22.0 Å². The largest absolute Gasteiger partial charge is 0.400 e. The quantitative estimate of drug-likeness (QED) is 0.855. The van der Waals surface area contributed by atoms with Gasteiger partial charge in [-0.3, -0.25) is 0 Å². The second-order valence-corrected chi connectivity index (χ2v) is 5.37. The zero-order chi connectivity index (χ0) is 12.2. The van der Waals surface area contributed by atoms with E-state index in [2.05, 4.69) is 15.9 Å². The summed E-state index contributed by atoms with van der Waals surface area (Å²) < 4.78 is 38.6. The molecule has 1 rings (SSSR count). The van der Waals surface area contributed by atoms with Crippen LogP contribution in [0.3, 0.4) is 0 Å². The monoisotopic (exact) mass is 313 g/mol. The molecule has 0 bridgehead atoms. The van der Waals surface area contributed by atoms with E-state index in [1.807, 2.05) is 0 Å². The smallest absolute Gasteiger partial charge is 0.330 e. The first-order valence-corrected chi connectivity index (χ1v) is 6.29. The lowest BCUT2D eigenvalue weighted by Crippen LogP contribution is -2.28. The first-order valence-electron chi connectivity index (χ1n) is 4.62. The third-order valence-electron chi connectivity index (χ3n) is 1.87. The van der Waals surface area contributed by atoms with E-state index in [0.29, 0.717) is 4.90 Å². The number of benzene rings is 1. The summed E-state index contributed by atoms with van der Waals surface area (Å²) in [7, 11) is 0. The average molecular weight is 314 g/mol. The van der Waals surface area contributed by atoms with E-state index in [9.17, 15) is 13.2 Å². The van der Waals surface area contributed by atoms with Crippen molar-refractivity contribution in [2.75, 3.05) is 6.54 Å². The highest BCUT2D eigenvalue weighted by atomic mass is 79.9. The van der Waals surface area contributed by atoms with Crippen molar-refractivity contribution in [1.82, 2.24) is 0 Å². The molecule has 0 aromatic heterocycles. The number of thioether (sulfide) groups is 1. The lowest BCUT2D eigenvalue weighted by Gasteiger charge is -2.19. The second-order valence-electron chi connectivity index (χ2n) is 3.18.